The van der Waals surface area contributed by atoms with Crippen molar-refractivity contribution in [3.05, 3.63) is 87.8 Å². The number of alkyl halides is 6. The van der Waals surface area contributed by atoms with Crippen LogP contribution in [0.1, 0.15) is 63.1 Å². The number of methoxy groups -OCH3 is 1. The molecule has 18 heteroatoms. The van der Waals surface area contributed by atoms with Crippen LogP contribution in [0, 0.1) is 0 Å². The molecule has 0 saturated heterocycles. The summed E-state index contributed by atoms with van der Waals surface area (Å²) in [6, 6.07) is 15.8. The minimum absolute atomic E-state index is 0.138. The van der Waals surface area contributed by atoms with E-state index < -0.39 is 76.2 Å². The molecule has 4 rings (SSSR count). The predicted molar refractivity (Wildman–Crippen MR) is 186 cm³/mol. The first-order valence-electron chi connectivity index (χ1n) is 16.5. The van der Waals surface area contributed by atoms with Crippen LogP contribution in [0.5, 0.6) is 5.75 Å². The number of halogens is 7. The van der Waals surface area contributed by atoms with E-state index in [4.69, 9.17) is 28.1 Å². The minimum atomic E-state index is -5.22. The normalized spacial score (nSPS) is 14.0. The van der Waals surface area contributed by atoms with Gasteiger partial charge in [-0.05, 0) is 85.8 Å². The first-order valence-corrected chi connectivity index (χ1v) is 17.3. The fraction of sp³-hybridized carbons (Fsp3) is 0.444. The van der Waals surface area contributed by atoms with Crippen molar-refractivity contribution in [2.45, 2.75) is 83.4 Å². The summed E-state index contributed by atoms with van der Waals surface area (Å²) in [5, 5.41) is 9.46. The molecule has 4 aromatic rings. The monoisotopic (exact) mass is 832 g/mol. The van der Waals surface area contributed by atoms with Gasteiger partial charge < -0.3 is 28.1 Å². The average molecular weight is 834 g/mol. The summed E-state index contributed by atoms with van der Waals surface area (Å²) in [5.74, 6) is -1.17. The predicted octanol–water partition coefficient (Wildman–Crippen LogP) is 9.64. The van der Waals surface area contributed by atoms with E-state index in [0.717, 1.165) is 5.56 Å². The molecule has 2 atom stereocenters. The number of nitrogens with one attached hydrogen (secondary N) is 1. The molecule has 0 radical (unpaired) electrons. The zero-order valence-corrected chi connectivity index (χ0v) is 31.5. The smallest absolute Gasteiger partial charge is 0.428 e. The number of anilines is 1. The molecule has 0 saturated carbocycles. The highest BCUT2D eigenvalue weighted by molar-refractivity contribution is 9.10. The van der Waals surface area contributed by atoms with Crippen molar-refractivity contribution in [3.63, 3.8) is 0 Å². The number of ether oxygens (including phenoxy) is 5. The molecule has 294 valence electrons. The van der Waals surface area contributed by atoms with Crippen LogP contribution in [0.25, 0.3) is 11.6 Å². The third-order valence-electron chi connectivity index (χ3n) is 7.57. The summed E-state index contributed by atoms with van der Waals surface area (Å²) in [6.07, 6.45) is -10.8. The Labute approximate surface area is 315 Å². The summed E-state index contributed by atoms with van der Waals surface area (Å²) in [7, 11) is 1.56. The van der Waals surface area contributed by atoms with Crippen LogP contribution in [-0.2, 0) is 43.9 Å². The van der Waals surface area contributed by atoms with Crippen molar-refractivity contribution in [1.29, 1.82) is 0 Å². The number of pyridine rings is 1. The molecule has 0 spiro atoms. The van der Waals surface area contributed by atoms with E-state index >= 15 is 13.2 Å². The number of amides is 1. The second-order valence-electron chi connectivity index (χ2n) is 13.0. The third-order valence-corrected chi connectivity index (χ3v) is 8.18. The van der Waals surface area contributed by atoms with Crippen LogP contribution in [0.15, 0.2) is 69.7 Å². The van der Waals surface area contributed by atoms with Crippen LogP contribution in [0.3, 0.4) is 0 Å². The molecule has 0 fully saturated rings. The Balaban J connectivity index is 1.59. The lowest BCUT2D eigenvalue weighted by Gasteiger charge is -2.32. The third kappa shape index (κ3) is 11.6. The lowest BCUT2D eigenvalue weighted by molar-refractivity contribution is -0.311. The van der Waals surface area contributed by atoms with E-state index in [9.17, 15) is 18.0 Å². The number of carbonyl (C=O) groups is 1. The minimum Gasteiger partial charge on any atom is -0.497 e. The first kappa shape index (κ1) is 42.5. The Morgan fingerprint density at radius 1 is 0.944 bits per heavy atom. The molecule has 0 bridgehead atoms. The molecule has 1 unspecified atom stereocenters. The number of benzene rings is 2. The lowest BCUT2D eigenvalue weighted by atomic mass is 10.0. The maximum Gasteiger partial charge on any atom is 0.428 e. The van der Waals surface area contributed by atoms with Crippen molar-refractivity contribution in [1.82, 2.24) is 15.2 Å². The Kier molecular flexibility index (Phi) is 14.1. The zero-order chi connectivity index (χ0) is 39.7. The highest BCUT2D eigenvalue weighted by Gasteiger charge is 2.62. The molecular formula is C36H39BrF6N4O7. The van der Waals surface area contributed by atoms with Crippen molar-refractivity contribution in [2.75, 3.05) is 25.6 Å². The van der Waals surface area contributed by atoms with Gasteiger partial charge in [-0.3, -0.25) is 5.32 Å². The van der Waals surface area contributed by atoms with Crippen LogP contribution < -0.4 is 10.1 Å². The van der Waals surface area contributed by atoms with Gasteiger partial charge in [0, 0.05) is 6.61 Å². The van der Waals surface area contributed by atoms with E-state index in [1.165, 1.54) is 20.8 Å². The van der Waals surface area contributed by atoms with E-state index in [1.54, 1.807) is 49.6 Å². The Morgan fingerprint density at radius 3 is 2.22 bits per heavy atom. The quantitative estimate of drug-likeness (QED) is 0.0663. The van der Waals surface area contributed by atoms with Gasteiger partial charge in [-0.15, -0.1) is 10.2 Å². The zero-order valence-electron chi connectivity index (χ0n) is 29.9. The van der Waals surface area contributed by atoms with Crippen LogP contribution in [0.2, 0.25) is 0 Å². The van der Waals surface area contributed by atoms with E-state index in [1.807, 2.05) is 19.1 Å². The topological polar surface area (TPSA) is 127 Å². The fourth-order valence-electron chi connectivity index (χ4n) is 4.81. The number of hydrogen-bond donors (Lipinski definition) is 1. The second kappa shape index (κ2) is 17.9. The molecule has 2 aromatic heterocycles. The Bertz CT molecular complexity index is 1820. The molecule has 11 nitrogen and oxygen atoms in total. The van der Waals surface area contributed by atoms with Crippen LogP contribution in [-0.4, -0.2) is 59.5 Å². The number of nitrogens with zero attached hydrogens (tertiary/aromatic N) is 3. The van der Waals surface area contributed by atoms with Gasteiger partial charge >= 0.3 is 18.4 Å². The molecule has 54 heavy (non-hydrogen) atoms. The molecule has 0 aliphatic heterocycles. The molecular weight excluding hydrogens is 794 g/mol. The summed E-state index contributed by atoms with van der Waals surface area (Å²) in [6.45, 7) is 4.87. The summed E-state index contributed by atoms with van der Waals surface area (Å²) in [5.41, 5.74) is -5.61. The lowest BCUT2D eigenvalue weighted by Crippen LogP contribution is -2.49. The Hall–Kier alpha value is -4.26. The van der Waals surface area contributed by atoms with Crippen molar-refractivity contribution in [2.24, 2.45) is 0 Å². The van der Waals surface area contributed by atoms with Gasteiger partial charge in [0.1, 0.15) is 16.0 Å². The van der Waals surface area contributed by atoms with Crippen LogP contribution in [0.4, 0.5) is 36.8 Å². The molecule has 2 aromatic carbocycles. The second-order valence-corrected chi connectivity index (χ2v) is 13.8. The maximum absolute atomic E-state index is 15.2. The van der Waals surface area contributed by atoms with Gasteiger partial charge in [-0.2, -0.15) is 26.3 Å². The summed E-state index contributed by atoms with van der Waals surface area (Å²) < 4.78 is 119. The number of aromatic nitrogens is 3. The first-order chi connectivity index (χ1) is 25.3. The highest BCUT2D eigenvalue weighted by atomic mass is 79.9. The highest BCUT2D eigenvalue weighted by Crippen LogP contribution is 2.45. The molecule has 1 N–H and O–H groups in total. The van der Waals surface area contributed by atoms with Gasteiger partial charge in [0.25, 0.3) is 17.4 Å². The standard InChI is InChI=1S/C36H39BrF6N4O7/c1-22(51-19-24-13-15-25(49-5)16-14-24)10-9-17-50-21-34(36(41,42)43,52-20-23-11-7-6-8-12-23)31-47-46-30(53-31)28-27(44-32(48)54-33(2,3)4)18-26(29(37)45-28)35(38,39)40/h6-8,11-16,18,22H,9-10,17,19-21H2,1-5H3,(H,44,48)/t22-,34?/m0/s1. The number of carbonyl (C=O) groups excluding carboxylic acids is 1. The molecule has 1 amide bonds. The van der Waals surface area contributed by atoms with Gasteiger partial charge in [-0.1, -0.05) is 42.5 Å². The van der Waals surface area contributed by atoms with Crippen molar-refractivity contribution >= 4 is 27.7 Å². The number of hydrogen-bond acceptors (Lipinski definition) is 10. The van der Waals surface area contributed by atoms with E-state index in [-0.39, 0.29) is 12.7 Å². The van der Waals surface area contributed by atoms with Crippen molar-refractivity contribution in [3.8, 4) is 17.3 Å². The molecule has 0 aliphatic carbocycles. The SMILES string of the molecule is COc1ccc(CO[C@@H](C)CCCOCC(OCc2ccccc2)(c2nnc(-c3nc(Br)c(C(F)(F)F)cc3NC(=O)OC(C)(C)C)o2)C(F)(F)F)cc1. The Morgan fingerprint density at radius 2 is 1.61 bits per heavy atom. The maximum atomic E-state index is 15.2. The van der Waals surface area contributed by atoms with Crippen molar-refractivity contribution < 1.29 is 59.2 Å². The average Bonchev–Trinajstić information content (AvgIpc) is 3.58. The molecule has 0 aliphatic rings. The summed E-state index contributed by atoms with van der Waals surface area (Å²) >= 11 is 2.74. The van der Waals surface area contributed by atoms with Gasteiger partial charge in [-0.25, -0.2) is 9.78 Å². The van der Waals surface area contributed by atoms with E-state index in [0.29, 0.717) is 36.8 Å². The van der Waals surface area contributed by atoms with Gasteiger partial charge in [0.05, 0.1) is 44.3 Å². The van der Waals surface area contributed by atoms with Crippen LogP contribution >= 0.6 is 15.9 Å². The van der Waals surface area contributed by atoms with Gasteiger partial charge in [0.2, 0.25) is 0 Å². The van der Waals surface area contributed by atoms with E-state index in [2.05, 4.69) is 36.4 Å². The van der Waals surface area contributed by atoms with Gasteiger partial charge in [0.15, 0.2) is 5.69 Å². The summed E-state index contributed by atoms with van der Waals surface area (Å²) in [4.78, 5) is 16.4. The fourth-order valence-corrected chi connectivity index (χ4v) is 5.32. The largest absolute Gasteiger partial charge is 0.497 e. The number of rotatable bonds is 16. The molecule has 2 heterocycles.